The average Bonchev–Trinajstić information content (AvgIpc) is 2.45. The molecule has 1 fully saturated rings. The van der Waals surface area contributed by atoms with Crippen LogP contribution in [0.15, 0.2) is 17.0 Å². The van der Waals surface area contributed by atoms with Crippen LogP contribution in [0.2, 0.25) is 0 Å². The molecular weight excluding hydrogens is 300 g/mol. The summed E-state index contributed by atoms with van der Waals surface area (Å²) in [4.78, 5) is 2.66. The Morgan fingerprint density at radius 1 is 1.23 bits per heavy atom. The number of benzene rings is 1. The first kappa shape index (κ1) is 17.2. The molecule has 1 aliphatic heterocycles. The van der Waals surface area contributed by atoms with Crippen molar-refractivity contribution < 1.29 is 13.2 Å². The normalized spacial score (nSPS) is 17.6. The van der Waals surface area contributed by atoms with Crippen LogP contribution in [0.1, 0.15) is 24.0 Å². The highest BCUT2D eigenvalue weighted by Crippen LogP contribution is 2.26. The molecule has 1 N–H and O–H groups in total. The molecule has 0 radical (unpaired) electrons. The Bertz CT molecular complexity index is 597. The Balaban J connectivity index is 2.10. The second-order valence-electron chi connectivity index (χ2n) is 6.19. The quantitative estimate of drug-likeness (QED) is 0.898. The zero-order valence-electron chi connectivity index (χ0n) is 13.8. The number of rotatable bonds is 5. The van der Waals surface area contributed by atoms with Crippen LogP contribution in [0.25, 0.3) is 0 Å². The summed E-state index contributed by atoms with van der Waals surface area (Å²) in [6.45, 7) is 6.19. The van der Waals surface area contributed by atoms with Crippen molar-refractivity contribution in [2.75, 3.05) is 33.8 Å². The van der Waals surface area contributed by atoms with Gasteiger partial charge in [-0.15, -0.1) is 0 Å². The molecular formula is C16H26N2O3S. The molecule has 0 unspecified atom stereocenters. The number of hydrogen-bond donors (Lipinski definition) is 1. The molecule has 2 rings (SSSR count). The first-order valence-electron chi connectivity index (χ1n) is 7.67. The molecule has 0 amide bonds. The minimum atomic E-state index is -3.48. The monoisotopic (exact) mass is 326 g/mol. The summed E-state index contributed by atoms with van der Waals surface area (Å²) in [5, 5.41) is 0. The highest BCUT2D eigenvalue weighted by Gasteiger charge is 2.23. The van der Waals surface area contributed by atoms with Crippen LogP contribution in [-0.2, 0) is 10.0 Å². The van der Waals surface area contributed by atoms with Crippen molar-refractivity contribution in [3.05, 3.63) is 23.3 Å². The number of nitrogens with zero attached hydrogens (tertiary/aromatic N) is 1. The summed E-state index contributed by atoms with van der Waals surface area (Å²) in [5.41, 5.74) is 1.43. The lowest BCUT2D eigenvalue weighted by Gasteiger charge is -2.29. The van der Waals surface area contributed by atoms with Gasteiger partial charge in [0.25, 0.3) is 0 Å². The van der Waals surface area contributed by atoms with Gasteiger partial charge < -0.3 is 9.64 Å². The molecule has 6 heteroatoms. The van der Waals surface area contributed by atoms with E-state index in [4.69, 9.17) is 4.74 Å². The first-order chi connectivity index (χ1) is 10.3. The molecule has 1 aromatic rings. The van der Waals surface area contributed by atoms with Gasteiger partial charge in [0, 0.05) is 6.54 Å². The third-order valence-electron chi connectivity index (χ3n) is 4.34. The van der Waals surface area contributed by atoms with Crippen molar-refractivity contribution in [1.82, 2.24) is 9.62 Å². The SMILES string of the molecule is COc1cc(C)c(S(=O)(=O)NCC2CCN(C)CC2)c(C)c1. The van der Waals surface area contributed by atoms with Crippen LogP contribution < -0.4 is 9.46 Å². The summed E-state index contributed by atoms with van der Waals surface area (Å²) < 4.78 is 33.2. The molecule has 22 heavy (non-hydrogen) atoms. The number of aryl methyl sites for hydroxylation is 2. The molecule has 0 bridgehead atoms. The molecule has 5 nitrogen and oxygen atoms in total. The molecule has 0 atom stereocenters. The van der Waals surface area contributed by atoms with Crippen LogP contribution in [0, 0.1) is 19.8 Å². The van der Waals surface area contributed by atoms with E-state index in [0.717, 1.165) is 25.9 Å². The molecule has 0 aliphatic carbocycles. The molecule has 1 heterocycles. The number of piperidine rings is 1. The highest BCUT2D eigenvalue weighted by molar-refractivity contribution is 7.89. The van der Waals surface area contributed by atoms with E-state index in [1.54, 1.807) is 33.1 Å². The second-order valence-corrected chi connectivity index (χ2v) is 7.89. The Labute approximate surface area is 133 Å². The van der Waals surface area contributed by atoms with E-state index in [-0.39, 0.29) is 0 Å². The van der Waals surface area contributed by atoms with Gasteiger partial charge in [0.15, 0.2) is 0 Å². The summed E-state index contributed by atoms with van der Waals surface area (Å²) in [6.07, 6.45) is 2.08. The number of nitrogens with one attached hydrogen (secondary N) is 1. The second kappa shape index (κ2) is 6.98. The molecule has 1 aromatic carbocycles. The van der Waals surface area contributed by atoms with Gasteiger partial charge in [0.1, 0.15) is 5.75 Å². The zero-order valence-corrected chi connectivity index (χ0v) is 14.7. The molecule has 1 saturated heterocycles. The van der Waals surface area contributed by atoms with Gasteiger partial charge in [-0.25, -0.2) is 13.1 Å². The van der Waals surface area contributed by atoms with E-state index in [9.17, 15) is 8.42 Å². The third-order valence-corrected chi connectivity index (χ3v) is 6.07. The fourth-order valence-corrected chi connectivity index (χ4v) is 4.58. The van der Waals surface area contributed by atoms with E-state index in [2.05, 4.69) is 16.7 Å². The Morgan fingerprint density at radius 2 is 1.77 bits per heavy atom. The fraction of sp³-hybridized carbons (Fsp3) is 0.625. The van der Waals surface area contributed by atoms with Crippen molar-refractivity contribution in [3.8, 4) is 5.75 Å². The Morgan fingerprint density at radius 3 is 2.27 bits per heavy atom. The Kier molecular flexibility index (Phi) is 5.47. The van der Waals surface area contributed by atoms with Crippen LogP contribution >= 0.6 is 0 Å². The van der Waals surface area contributed by atoms with E-state index >= 15 is 0 Å². The maximum absolute atomic E-state index is 12.6. The van der Waals surface area contributed by atoms with Crippen LogP contribution in [-0.4, -0.2) is 47.1 Å². The van der Waals surface area contributed by atoms with Gasteiger partial charge in [-0.2, -0.15) is 0 Å². The standard InChI is InChI=1S/C16H26N2O3S/c1-12-9-15(21-4)10-13(2)16(12)22(19,20)17-11-14-5-7-18(3)8-6-14/h9-10,14,17H,5-8,11H2,1-4H3. The lowest BCUT2D eigenvalue weighted by Crippen LogP contribution is -2.37. The number of likely N-dealkylation sites (tertiary alicyclic amines) is 1. The molecule has 1 aliphatic rings. The van der Waals surface area contributed by atoms with Crippen molar-refractivity contribution in [3.63, 3.8) is 0 Å². The summed E-state index contributed by atoms with van der Waals surface area (Å²) >= 11 is 0. The van der Waals surface area contributed by atoms with Gasteiger partial charge in [-0.1, -0.05) is 0 Å². The van der Waals surface area contributed by atoms with Gasteiger partial charge in [-0.05, 0) is 76.0 Å². The number of sulfonamides is 1. The molecule has 0 spiro atoms. The number of ether oxygens (including phenoxy) is 1. The first-order valence-corrected chi connectivity index (χ1v) is 9.15. The van der Waals surface area contributed by atoms with Gasteiger partial charge in [0.05, 0.1) is 12.0 Å². The summed E-state index contributed by atoms with van der Waals surface area (Å²) in [6, 6.07) is 3.52. The summed E-state index contributed by atoms with van der Waals surface area (Å²) in [7, 11) is 0.207. The molecule has 0 aromatic heterocycles. The summed E-state index contributed by atoms with van der Waals surface area (Å²) in [5.74, 6) is 1.11. The van der Waals surface area contributed by atoms with Crippen LogP contribution in [0.4, 0.5) is 0 Å². The minimum Gasteiger partial charge on any atom is -0.497 e. The third kappa shape index (κ3) is 4.00. The van der Waals surface area contributed by atoms with Crippen molar-refractivity contribution >= 4 is 10.0 Å². The van der Waals surface area contributed by atoms with Crippen LogP contribution in [0.3, 0.4) is 0 Å². The lowest BCUT2D eigenvalue weighted by atomic mass is 9.98. The topological polar surface area (TPSA) is 58.6 Å². The van der Waals surface area contributed by atoms with E-state index in [1.165, 1.54) is 0 Å². The van der Waals surface area contributed by atoms with Gasteiger partial charge in [0.2, 0.25) is 10.0 Å². The minimum absolute atomic E-state index is 0.376. The smallest absolute Gasteiger partial charge is 0.241 e. The molecule has 124 valence electrons. The van der Waals surface area contributed by atoms with E-state index in [0.29, 0.717) is 34.2 Å². The zero-order chi connectivity index (χ0) is 16.3. The number of hydrogen-bond acceptors (Lipinski definition) is 4. The average molecular weight is 326 g/mol. The van der Waals surface area contributed by atoms with Crippen molar-refractivity contribution in [2.24, 2.45) is 5.92 Å². The van der Waals surface area contributed by atoms with Crippen molar-refractivity contribution in [2.45, 2.75) is 31.6 Å². The predicted octanol–water partition coefficient (Wildman–Crippen LogP) is 1.93. The van der Waals surface area contributed by atoms with E-state index < -0.39 is 10.0 Å². The van der Waals surface area contributed by atoms with Gasteiger partial charge >= 0.3 is 0 Å². The van der Waals surface area contributed by atoms with Gasteiger partial charge in [-0.3, -0.25) is 0 Å². The predicted molar refractivity (Wildman–Crippen MR) is 87.9 cm³/mol. The number of methoxy groups -OCH3 is 1. The fourth-order valence-electron chi connectivity index (χ4n) is 3.02. The van der Waals surface area contributed by atoms with Crippen molar-refractivity contribution in [1.29, 1.82) is 0 Å². The maximum Gasteiger partial charge on any atom is 0.241 e. The Hall–Kier alpha value is -1.11. The largest absolute Gasteiger partial charge is 0.497 e. The molecule has 0 saturated carbocycles. The maximum atomic E-state index is 12.6. The van der Waals surface area contributed by atoms with E-state index in [1.807, 2.05) is 0 Å². The lowest BCUT2D eigenvalue weighted by molar-refractivity contribution is 0.220. The highest BCUT2D eigenvalue weighted by atomic mass is 32.2. The van der Waals surface area contributed by atoms with Crippen LogP contribution in [0.5, 0.6) is 5.75 Å².